The lowest BCUT2D eigenvalue weighted by Gasteiger charge is -2.30. The molecule has 0 bridgehead atoms. The molecule has 16 N–H and O–H groups in total. The van der Waals surface area contributed by atoms with Gasteiger partial charge in [0.05, 0.1) is 51.9 Å². The highest BCUT2D eigenvalue weighted by molar-refractivity contribution is 6.00. The molecule has 0 aromatic heterocycles. The molecule has 0 fully saturated rings. The molecule has 31 nitrogen and oxygen atoms in total. The lowest BCUT2D eigenvalue weighted by molar-refractivity contribution is -0.136. The third-order valence-electron chi connectivity index (χ3n) is 15.1. The molecule has 0 aliphatic heterocycles. The summed E-state index contributed by atoms with van der Waals surface area (Å²) in [5.74, 6) is -12.0. The SMILES string of the molecule is CCCCCCCC(=O)NC(C)(C)C(=O)NCC(=O)N[C@@H](CC(C)C)C(=O)NC(C)(C)C(=O)NCC(=O)NCC(=O)N[C@H](C(=O)NC(C)(C)C(=O)NCC(=O)NCC(=O)N[C@H](C(=O)NC(C)(C)C(=O)NCC(=O)N[C@H](C(=O)N[C@H](CO)CC(C)C)[C@@H](C)CC)C(C)C)C(C)C. The molecule has 0 aliphatic rings. The standard InChI is InChI=1S/C64H115N15O16/c1-20-22-23-24-25-26-43(81)76-61(12,13)57(92)69-33-46(84)72-42(28-37(5)6)53(88)77-62(14,15)58(93)67-29-44(82)65-31-47(85)73-50(38(7)8)55(90)78-63(16,17)59(94)68-30-45(83)66-32-48(86)74-51(39(9)10)56(91)79-64(18,19)60(95)70-34-49(87)75-52(40(11)21-2)54(89)71-41(35-80)27-36(3)4/h36-42,50-52,80H,20-35H2,1-19H3,(H,65,82)(H,66,83)(H,67,93)(H,68,94)(H,69,92)(H,70,95)(H,71,89)(H,72,84)(H,73,85)(H,74,86)(H,75,87)(H,76,81)(H,77,88)(H,78,90)(H,79,91)/t40-,41-,42-,50-,51-,52-/m0/s1. The lowest BCUT2D eigenvalue weighted by atomic mass is 9.97. The zero-order valence-electron chi connectivity index (χ0n) is 59.7. The predicted octanol–water partition coefficient (Wildman–Crippen LogP) is -1.51. The molecule has 31 heteroatoms. The van der Waals surface area contributed by atoms with Crippen LogP contribution in [0, 0.1) is 29.6 Å². The minimum Gasteiger partial charge on any atom is -0.394 e. The second-order valence-corrected chi connectivity index (χ2v) is 27.7. The fourth-order valence-electron chi connectivity index (χ4n) is 9.14. The molecular formula is C64H115N15O16. The van der Waals surface area contributed by atoms with Crippen LogP contribution in [0.5, 0.6) is 0 Å². The Balaban J connectivity index is 5.30. The molecule has 0 rings (SSSR count). The maximum Gasteiger partial charge on any atom is 0.245 e. The van der Waals surface area contributed by atoms with Gasteiger partial charge in [0, 0.05) is 6.42 Å². The first-order chi connectivity index (χ1) is 43.9. The Bertz CT molecular complexity index is 2640. The highest BCUT2D eigenvalue weighted by Crippen LogP contribution is 2.14. The average Bonchev–Trinajstić information content (AvgIpc) is 0.875. The Labute approximate surface area is 560 Å². The summed E-state index contributed by atoms with van der Waals surface area (Å²) in [6.07, 6.45) is 6.19. The van der Waals surface area contributed by atoms with Gasteiger partial charge in [0.25, 0.3) is 0 Å². The van der Waals surface area contributed by atoms with E-state index in [0.29, 0.717) is 19.3 Å². The number of aliphatic hydroxyl groups is 1. The monoisotopic (exact) mass is 1350 g/mol. The molecule has 0 saturated carbocycles. The van der Waals surface area contributed by atoms with Crippen molar-refractivity contribution in [1.82, 2.24) is 79.8 Å². The van der Waals surface area contributed by atoms with E-state index in [0.717, 1.165) is 25.7 Å². The third kappa shape index (κ3) is 34.3. The van der Waals surface area contributed by atoms with E-state index >= 15 is 0 Å². The highest BCUT2D eigenvalue weighted by Gasteiger charge is 2.38. The van der Waals surface area contributed by atoms with Crippen LogP contribution >= 0.6 is 0 Å². The largest absolute Gasteiger partial charge is 0.394 e. The van der Waals surface area contributed by atoms with Gasteiger partial charge in [-0.3, -0.25) is 71.9 Å². The molecule has 6 atom stereocenters. The van der Waals surface area contributed by atoms with Gasteiger partial charge in [0.1, 0.15) is 46.3 Å². The Kier molecular flexibility index (Phi) is 38.2. The first-order valence-corrected chi connectivity index (χ1v) is 32.9. The zero-order valence-corrected chi connectivity index (χ0v) is 59.7. The van der Waals surface area contributed by atoms with E-state index in [1.165, 1.54) is 55.4 Å². The average molecular weight is 1350 g/mol. The van der Waals surface area contributed by atoms with Crippen molar-refractivity contribution in [1.29, 1.82) is 0 Å². The first kappa shape index (κ1) is 87.0. The summed E-state index contributed by atoms with van der Waals surface area (Å²) < 4.78 is 0. The number of aliphatic hydroxyl groups excluding tert-OH is 1. The number of carbonyl (C=O) groups is 15. The molecule has 0 spiro atoms. The minimum atomic E-state index is -1.68. The molecular weight excluding hydrogens is 1230 g/mol. The number of unbranched alkanes of at least 4 members (excludes halogenated alkanes) is 4. The predicted molar refractivity (Wildman–Crippen MR) is 355 cm³/mol. The van der Waals surface area contributed by atoms with E-state index in [4.69, 9.17) is 0 Å². The van der Waals surface area contributed by atoms with Gasteiger partial charge < -0.3 is 84.9 Å². The van der Waals surface area contributed by atoms with Gasteiger partial charge in [0.2, 0.25) is 88.6 Å². The molecule has 0 aromatic rings. The van der Waals surface area contributed by atoms with Gasteiger partial charge in [-0.2, -0.15) is 0 Å². The first-order valence-electron chi connectivity index (χ1n) is 32.9. The zero-order chi connectivity index (χ0) is 73.4. The summed E-state index contributed by atoms with van der Waals surface area (Å²) in [6.45, 7) is 26.9. The van der Waals surface area contributed by atoms with Crippen LogP contribution in [0.3, 0.4) is 0 Å². The molecule has 0 aromatic carbocycles. The van der Waals surface area contributed by atoms with Gasteiger partial charge in [-0.15, -0.1) is 0 Å². The second kappa shape index (κ2) is 41.8. The van der Waals surface area contributed by atoms with Crippen LogP contribution in [0.25, 0.3) is 0 Å². The van der Waals surface area contributed by atoms with E-state index in [2.05, 4.69) is 86.7 Å². The van der Waals surface area contributed by atoms with Crippen molar-refractivity contribution in [2.24, 2.45) is 29.6 Å². The molecule has 15 amide bonds. The van der Waals surface area contributed by atoms with E-state index in [1.54, 1.807) is 34.6 Å². The van der Waals surface area contributed by atoms with Gasteiger partial charge >= 0.3 is 0 Å². The summed E-state index contributed by atoms with van der Waals surface area (Å²) >= 11 is 0. The van der Waals surface area contributed by atoms with Gasteiger partial charge in [-0.1, -0.05) is 108 Å². The molecule has 542 valence electrons. The van der Waals surface area contributed by atoms with Crippen LogP contribution in [0.4, 0.5) is 0 Å². The fourth-order valence-corrected chi connectivity index (χ4v) is 9.14. The van der Waals surface area contributed by atoms with Crippen LogP contribution in [-0.2, 0) is 71.9 Å². The number of rotatable bonds is 44. The van der Waals surface area contributed by atoms with E-state index in [9.17, 15) is 77.0 Å². The number of carbonyl (C=O) groups excluding carboxylic acids is 15. The maximum atomic E-state index is 13.5. The van der Waals surface area contributed by atoms with Crippen molar-refractivity contribution in [3.8, 4) is 0 Å². The quantitative estimate of drug-likeness (QED) is 0.0309. The number of amides is 15. The van der Waals surface area contributed by atoms with Crippen molar-refractivity contribution in [3.63, 3.8) is 0 Å². The summed E-state index contributed by atoms with van der Waals surface area (Å²) in [5, 5.41) is 47.5. The molecule has 0 heterocycles. The van der Waals surface area contributed by atoms with Crippen molar-refractivity contribution >= 4 is 88.6 Å². The summed E-state index contributed by atoms with van der Waals surface area (Å²) in [5.41, 5.74) is -6.25. The van der Waals surface area contributed by atoms with Crippen LogP contribution in [0.15, 0.2) is 0 Å². The fraction of sp³-hybridized carbons (Fsp3) is 0.766. The summed E-state index contributed by atoms with van der Waals surface area (Å²) in [7, 11) is 0. The maximum absolute atomic E-state index is 13.5. The molecule has 95 heavy (non-hydrogen) atoms. The van der Waals surface area contributed by atoms with E-state index in [-0.39, 0.29) is 43.1 Å². The number of nitrogens with one attached hydrogen (secondary N) is 15. The highest BCUT2D eigenvalue weighted by atomic mass is 16.3. The van der Waals surface area contributed by atoms with Crippen molar-refractivity contribution in [3.05, 3.63) is 0 Å². The minimum absolute atomic E-state index is 0.105. The molecule has 0 aliphatic carbocycles. The Hall–Kier alpha value is -7.99. The van der Waals surface area contributed by atoms with Crippen LogP contribution in [0.1, 0.15) is 189 Å². The summed E-state index contributed by atoms with van der Waals surface area (Å²) in [4.78, 5) is 197. The normalized spacial score (nSPS) is 13.6. The lowest BCUT2D eigenvalue weighted by Crippen LogP contribution is -2.62. The van der Waals surface area contributed by atoms with E-state index in [1.807, 2.05) is 34.6 Å². The van der Waals surface area contributed by atoms with Crippen molar-refractivity contribution in [2.45, 2.75) is 242 Å². The van der Waals surface area contributed by atoms with Crippen LogP contribution < -0.4 is 79.8 Å². The van der Waals surface area contributed by atoms with Crippen LogP contribution in [-0.4, -0.2) is 192 Å². The molecule has 0 radical (unpaired) electrons. The van der Waals surface area contributed by atoms with Crippen LogP contribution in [0.2, 0.25) is 0 Å². The Morgan fingerprint density at radius 1 is 0.347 bits per heavy atom. The number of hydrogen-bond donors (Lipinski definition) is 16. The molecule has 0 saturated heterocycles. The Morgan fingerprint density at radius 3 is 1.04 bits per heavy atom. The summed E-state index contributed by atoms with van der Waals surface area (Å²) in [6, 6.07) is -5.05. The third-order valence-corrected chi connectivity index (χ3v) is 15.1. The van der Waals surface area contributed by atoms with Gasteiger partial charge in [-0.05, 0) is 104 Å². The van der Waals surface area contributed by atoms with E-state index < -0.39 is 186 Å². The number of hydrogen-bond acceptors (Lipinski definition) is 16. The van der Waals surface area contributed by atoms with Crippen molar-refractivity contribution < 1.29 is 77.0 Å². The van der Waals surface area contributed by atoms with Gasteiger partial charge in [-0.25, -0.2) is 0 Å². The van der Waals surface area contributed by atoms with Gasteiger partial charge in [0.15, 0.2) is 0 Å². The molecule has 0 unspecified atom stereocenters. The Morgan fingerprint density at radius 2 is 0.684 bits per heavy atom. The second-order valence-electron chi connectivity index (χ2n) is 27.7. The van der Waals surface area contributed by atoms with Crippen molar-refractivity contribution in [2.75, 3.05) is 45.9 Å². The smallest absolute Gasteiger partial charge is 0.245 e. The topological polar surface area (TPSA) is 457 Å².